The maximum absolute atomic E-state index is 13.0. The number of methoxy groups -OCH3 is 1. The summed E-state index contributed by atoms with van der Waals surface area (Å²) < 4.78 is 18.0. The summed E-state index contributed by atoms with van der Waals surface area (Å²) in [6, 6.07) is 7.21. The molecule has 0 radical (unpaired) electrons. The number of hydrogen-bond donors (Lipinski definition) is 1. The molecule has 0 unspecified atom stereocenters. The molecule has 5 heteroatoms. The Kier molecular flexibility index (Phi) is 3.52. The molecule has 1 aromatic heterocycles. The van der Waals surface area contributed by atoms with E-state index in [0.29, 0.717) is 11.3 Å². The van der Waals surface area contributed by atoms with E-state index in [1.54, 1.807) is 18.3 Å². The van der Waals surface area contributed by atoms with Gasteiger partial charge in [-0.05, 0) is 24.3 Å². The molecule has 2 rings (SSSR count). The third-order valence-electron chi connectivity index (χ3n) is 2.34. The Morgan fingerprint density at radius 3 is 2.89 bits per heavy atom. The van der Waals surface area contributed by atoms with Crippen LogP contribution in [0.5, 0.6) is 5.75 Å². The van der Waals surface area contributed by atoms with Gasteiger partial charge in [-0.25, -0.2) is 4.39 Å². The SMILES string of the molecule is COc1cc(F)ccc1NC(=O)c1cccnc1. The van der Waals surface area contributed by atoms with Crippen LogP contribution < -0.4 is 10.1 Å². The summed E-state index contributed by atoms with van der Waals surface area (Å²) in [6.45, 7) is 0. The number of rotatable bonds is 3. The van der Waals surface area contributed by atoms with E-state index >= 15 is 0 Å². The first-order valence-corrected chi connectivity index (χ1v) is 5.25. The molecule has 4 nitrogen and oxygen atoms in total. The minimum absolute atomic E-state index is 0.271. The summed E-state index contributed by atoms with van der Waals surface area (Å²) in [4.78, 5) is 15.7. The number of ether oxygens (including phenoxy) is 1. The van der Waals surface area contributed by atoms with Gasteiger partial charge in [0, 0.05) is 18.5 Å². The third-order valence-corrected chi connectivity index (χ3v) is 2.34. The molecule has 0 aliphatic heterocycles. The fourth-order valence-corrected chi connectivity index (χ4v) is 1.46. The van der Waals surface area contributed by atoms with Gasteiger partial charge in [-0.15, -0.1) is 0 Å². The van der Waals surface area contributed by atoms with Crippen molar-refractivity contribution < 1.29 is 13.9 Å². The van der Waals surface area contributed by atoms with E-state index in [2.05, 4.69) is 10.3 Å². The van der Waals surface area contributed by atoms with Crippen molar-refractivity contribution in [3.8, 4) is 5.75 Å². The van der Waals surface area contributed by atoms with Crippen LogP contribution in [0.25, 0.3) is 0 Å². The van der Waals surface area contributed by atoms with Crippen molar-refractivity contribution in [3.05, 3.63) is 54.1 Å². The quantitative estimate of drug-likeness (QED) is 0.905. The molecule has 0 bridgehead atoms. The second-order valence-corrected chi connectivity index (χ2v) is 3.54. The minimum atomic E-state index is -0.425. The van der Waals surface area contributed by atoms with Gasteiger partial charge in [0.25, 0.3) is 5.91 Å². The molecule has 92 valence electrons. The highest BCUT2D eigenvalue weighted by Crippen LogP contribution is 2.25. The Hall–Kier alpha value is -2.43. The molecule has 1 amide bonds. The molecule has 0 fully saturated rings. The van der Waals surface area contributed by atoms with E-state index in [4.69, 9.17) is 4.74 Å². The average Bonchev–Trinajstić information content (AvgIpc) is 2.41. The highest BCUT2D eigenvalue weighted by Gasteiger charge is 2.10. The summed E-state index contributed by atoms with van der Waals surface area (Å²) in [7, 11) is 1.41. The Bertz CT molecular complexity index is 558. The largest absolute Gasteiger partial charge is 0.494 e. The highest BCUT2D eigenvalue weighted by atomic mass is 19.1. The molecule has 1 aromatic carbocycles. The number of carbonyl (C=O) groups is 1. The highest BCUT2D eigenvalue weighted by molar-refractivity contribution is 6.04. The van der Waals surface area contributed by atoms with Crippen molar-refractivity contribution in [1.29, 1.82) is 0 Å². The zero-order chi connectivity index (χ0) is 13.0. The average molecular weight is 246 g/mol. The Morgan fingerprint density at radius 2 is 2.22 bits per heavy atom. The van der Waals surface area contributed by atoms with Crippen LogP contribution in [0.15, 0.2) is 42.7 Å². The van der Waals surface area contributed by atoms with E-state index in [1.165, 1.54) is 31.5 Å². The van der Waals surface area contributed by atoms with Crippen LogP contribution in [0.1, 0.15) is 10.4 Å². The topological polar surface area (TPSA) is 51.2 Å². The van der Waals surface area contributed by atoms with Crippen LogP contribution in [-0.4, -0.2) is 18.0 Å². The van der Waals surface area contributed by atoms with Crippen LogP contribution in [-0.2, 0) is 0 Å². The first-order valence-electron chi connectivity index (χ1n) is 5.25. The van der Waals surface area contributed by atoms with Gasteiger partial charge in [0.05, 0.1) is 18.4 Å². The summed E-state index contributed by atoms with van der Waals surface area (Å²) in [5, 5.41) is 2.63. The van der Waals surface area contributed by atoms with Crippen LogP contribution in [0.4, 0.5) is 10.1 Å². The monoisotopic (exact) mass is 246 g/mol. The van der Waals surface area contributed by atoms with Crippen LogP contribution in [0.2, 0.25) is 0 Å². The van der Waals surface area contributed by atoms with Gasteiger partial charge in [0.2, 0.25) is 0 Å². The first-order chi connectivity index (χ1) is 8.70. The lowest BCUT2D eigenvalue weighted by Crippen LogP contribution is -2.12. The van der Waals surface area contributed by atoms with Crippen LogP contribution in [0.3, 0.4) is 0 Å². The van der Waals surface area contributed by atoms with Crippen molar-refractivity contribution in [2.24, 2.45) is 0 Å². The Morgan fingerprint density at radius 1 is 1.39 bits per heavy atom. The molecule has 18 heavy (non-hydrogen) atoms. The van der Waals surface area contributed by atoms with E-state index in [9.17, 15) is 9.18 Å². The van der Waals surface area contributed by atoms with Gasteiger partial charge < -0.3 is 10.1 Å². The maximum atomic E-state index is 13.0. The van der Waals surface area contributed by atoms with Gasteiger partial charge in [-0.1, -0.05) is 0 Å². The summed E-state index contributed by atoms with van der Waals surface area (Å²) in [5.74, 6) is -0.480. The lowest BCUT2D eigenvalue weighted by Gasteiger charge is -2.09. The molecule has 0 aliphatic rings. The van der Waals surface area contributed by atoms with Gasteiger partial charge >= 0.3 is 0 Å². The molecule has 0 spiro atoms. The zero-order valence-electron chi connectivity index (χ0n) is 9.68. The van der Waals surface area contributed by atoms with Gasteiger partial charge in [0.15, 0.2) is 0 Å². The standard InChI is InChI=1S/C13H11FN2O2/c1-18-12-7-10(14)4-5-11(12)16-13(17)9-3-2-6-15-8-9/h2-8H,1H3,(H,16,17). The summed E-state index contributed by atoms with van der Waals surface area (Å²) in [6.07, 6.45) is 3.03. The van der Waals surface area contributed by atoms with Gasteiger partial charge in [0.1, 0.15) is 11.6 Å². The minimum Gasteiger partial charge on any atom is -0.494 e. The fraction of sp³-hybridized carbons (Fsp3) is 0.0769. The number of aromatic nitrogens is 1. The Balaban J connectivity index is 2.22. The molecule has 1 N–H and O–H groups in total. The smallest absolute Gasteiger partial charge is 0.257 e. The molecule has 0 saturated carbocycles. The fourth-order valence-electron chi connectivity index (χ4n) is 1.46. The van der Waals surface area contributed by atoms with E-state index in [0.717, 1.165) is 0 Å². The van der Waals surface area contributed by atoms with Gasteiger partial charge in [-0.2, -0.15) is 0 Å². The second-order valence-electron chi connectivity index (χ2n) is 3.54. The number of amides is 1. The molecular formula is C13H11FN2O2. The van der Waals surface area contributed by atoms with E-state index < -0.39 is 5.82 Å². The van der Waals surface area contributed by atoms with E-state index in [1.807, 2.05) is 0 Å². The Labute approximate surface area is 103 Å². The molecule has 0 aliphatic carbocycles. The van der Waals surface area contributed by atoms with Crippen molar-refractivity contribution in [2.75, 3.05) is 12.4 Å². The maximum Gasteiger partial charge on any atom is 0.257 e. The molecule has 0 atom stereocenters. The van der Waals surface area contributed by atoms with Crippen molar-refractivity contribution in [3.63, 3.8) is 0 Å². The molecular weight excluding hydrogens is 235 g/mol. The van der Waals surface area contributed by atoms with Gasteiger partial charge in [-0.3, -0.25) is 9.78 Å². The zero-order valence-corrected chi connectivity index (χ0v) is 9.68. The van der Waals surface area contributed by atoms with E-state index in [-0.39, 0.29) is 11.7 Å². The first kappa shape index (κ1) is 12.0. The van der Waals surface area contributed by atoms with Crippen LogP contribution >= 0.6 is 0 Å². The predicted octanol–water partition coefficient (Wildman–Crippen LogP) is 2.48. The van der Waals surface area contributed by atoms with Crippen molar-refractivity contribution in [1.82, 2.24) is 4.98 Å². The lowest BCUT2D eigenvalue weighted by molar-refractivity contribution is 0.102. The summed E-state index contributed by atoms with van der Waals surface area (Å²) >= 11 is 0. The predicted molar refractivity (Wildman–Crippen MR) is 65.1 cm³/mol. The number of pyridine rings is 1. The second kappa shape index (κ2) is 5.27. The number of nitrogens with zero attached hydrogens (tertiary/aromatic N) is 1. The van der Waals surface area contributed by atoms with Crippen molar-refractivity contribution in [2.45, 2.75) is 0 Å². The number of benzene rings is 1. The molecule has 2 aromatic rings. The van der Waals surface area contributed by atoms with Crippen LogP contribution in [0, 0.1) is 5.82 Å². The summed E-state index contributed by atoms with van der Waals surface area (Å²) in [5.41, 5.74) is 0.830. The number of carbonyl (C=O) groups excluding carboxylic acids is 1. The number of anilines is 1. The number of halogens is 1. The molecule has 0 saturated heterocycles. The normalized spacial score (nSPS) is 9.89. The third kappa shape index (κ3) is 2.63. The number of nitrogens with one attached hydrogen (secondary N) is 1. The van der Waals surface area contributed by atoms with Crippen molar-refractivity contribution >= 4 is 11.6 Å². The number of hydrogen-bond acceptors (Lipinski definition) is 3. The molecule has 1 heterocycles. The lowest BCUT2D eigenvalue weighted by atomic mass is 10.2.